The molecule has 2 atom stereocenters. The highest BCUT2D eigenvalue weighted by molar-refractivity contribution is 5.23. The third-order valence-electron chi connectivity index (χ3n) is 2.56. The quantitative estimate of drug-likeness (QED) is 0.793. The van der Waals surface area contributed by atoms with Gasteiger partial charge in [-0.3, -0.25) is 0 Å². The van der Waals surface area contributed by atoms with Crippen LogP contribution in [0, 0.1) is 6.92 Å². The molecule has 0 aliphatic rings. The van der Waals surface area contributed by atoms with Crippen molar-refractivity contribution in [1.29, 1.82) is 0 Å². The second kappa shape index (κ2) is 7.43. The van der Waals surface area contributed by atoms with Gasteiger partial charge in [0.1, 0.15) is 6.10 Å². The summed E-state index contributed by atoms with van der Waals surface area (Å²) < 4.78 is 10.8. The summed E-state index contributed by atoms with van der Waals surface area (Å²) in [7, 11) is 0. The molecular weight excluding hydrogens is 216 g/mol. The Morgan fingerprint density at radius 3 is 2.41 bits per heavy atom. The molecule has 0 saturated heterocycles. The van der Waals surface area contributed by atoms with Gasteiger partial charge < -0.3 is 14.6 Å². The molecule has 0 radical (unpaired) electrons. The Bertz CT molecular complexity index is 308. The van der Waals surface area contributed by atoms with Crippen LogP contribution in [0.4, 0.5) is 0 Å². The highest BCUT2D eigenvalue weighted by Gasteiger charge is 2.10. The van der Waals surface area contributed by atoms with Gasteiger partial charge in [0.15, 0.2) is 0 Å². The van der Waals surface area contributed by atoms with Crippen LogP contribution in [0.25, 0.3) is 0 Å². The second-order valence-electron chi connectivity index (χ2n) is 4.23. The molecule has 17 heavy (non-hydrogen) atoms. The summed E-state index contributed by atoms with van der Waals surface area (Å²) in [5, 5.41) is 9.92. The molecule has 0 heterocycles. The zero-order chi connectivity index (χ0) is 12.7. The molecule has 0 saturated carbocycles. The average molecular weight is 238 g/mol. The van der Waals surface area contributed by atoms with Crippen LogP contribution in [0.1, 0.15) is 31.1 Å². The lowest BCUT2D eigenvalue weighted by molar-refractivity contribution is -0.0395. The molecule has 0 fully saturated rings. The minimum absolute atomic E-state index is 0.00930. The van der Waals surface area contributed by atoms with Crippen LogP contribution in [0.3, 0.4) is 0 Å². The van der Waals surface area contributed by atoms with E-state index >= 15 is 0 Å². The van der Waals surface area contributed by atoms with E-state index in [1.165, 1.54) is 5.56 Å². The molecule has 1 N–H and O–H groups in total. The lowest BCUT2D eigenvalue weighted by Gasteiger charge is -2.16. The lowest BCUT2D eigenvalue weighted by atomic mass is 10.1. The topological polar surface area (TPSA) is 38.7 Å². The first-order valence-corrected chi connectivity index (χ1v) is 6.07. The van der Waals surface area contributed by atoms with Crippen molar-refractivity contribution in [2.45, 2.75) is 33.0 Å². The van der Waals surface area contributed by atoms with E-state index in [0.29, 0.717) is 19.8 Å². The number of aryl methyl sites for hydroxylation is 1. The number of rotatable bonds is 7. The number of aliphatic hydroxyl groups is 1. The van der Waals surface area contributed by atoms with Gasteiger partial charge in [-0.15, -0.1) is 0 Å². The summed E-state index contributed by atoms with van der Waals surface area (Å²) in [6.45, 7) is 7.48. The molecule has 0 aromatic heterocycles. The molecule has 2 unspecified atom stereocenters. The first-order chi connectivity index (χ1) is 8.13. The molecule has 1 aromatic rings. The van der Waals surface area contributed by atoms with Gasteiger partial charge in [0.25, 0.3) is 0 Å². The number of benzene rings is 1. The zero-order valence-electron chi connectivity index (χ0n) is 10.8. The van der Waals surface area contributed by atoms with Gasteiger partial charge in [-0.2, -0.15) is 0 Å². The highest BCUT2D eigenvalue weighted by atomic mass is 16.5. The largest absolute Gasteiger partial charge is 0.386 e. The fourth-order valence-electron chi connectivity index (χ4n) is 1.47. The van der Waals surface area contributed by atoms with Crippen LogP contribution in [-0.4, -0.2) is 31.0 Å². The third kappa shape index (κ3) is 5.31. The van der Waals surface area contributed by atoms with Crippen molar-refractivity contribution in [2.24, 2.45) is 0 Å². The van der Waals surface area contributed by atoms with Crippen molar-refractivity contribution < 1.29 is 14.6 Å². The third-order valence-corrected chi connectivity index (χ3v) is 2.56. The standard InChI is InChI=1S/C14H22O3/c1-4-16-9-12(3)17-10-14(15)13-7-5-11(2)6-8-13/h5-8,12,14-15H,4,9-10H2,1-3H3. The van der Waals surface area contributed by atoms with E-state index in [1.54, 1.807) is 0 Å². The molecule has 1 aromatic carbocycles. The highest BCUT2D eigenvalue weighted by Crippen LogP contribution is 2.14. The zero-order valence-corrected chi connectivity index (χ0v) is 10.8. The maximum absolute atomic E-state index is 9.92. The van der Waals surface area contributed by atoms with E-state index in [9.17, 15) is 5.11 Å². The number of aliphatic hydroxyl groups excluding tert-OH is 1. The summed E-state index contributed by atoms with van der Waals surface area (Å²) in [4.78, 5) is 0. The van der Waals surface area contributed by atoms with Crippen LogP contribution in [-0.2, 0) is 9.47 Å². The maximum atomic E-state index is 9.92. The summed E-state index contributed by atoms with van der Waals surface area (Å²) >= 11 is 0. The Morgan fingerprint density at radius 1 is 1.18 bits per heavy atom. The van der Waals surface area contributed by atoms with E-state index in [0.717, 1.165) is 5.56 Å². The number of ether oxygens (including phenoxy) is 2. The molecule has 0 aliphatic carbocycles. The monoisotopic (exact) mass is 238 g/mol. The molecule has 0 spiro atoms. The first-order valence-electron chi connectivity index (χ1n) is 6.07. The normalized spacial score (nSPS) is 14.6. The molecule has 1 rings (SSSR count). The SMILES string of the molecule is CCOCC(C)OCC(O)c1ccc(C)cc1. The molecule has 3 nitrogen and oxygen atoms in total. The van der Waals surface area contributed by atoms with E-state index in [1.807, 2.05) is 45.0 Å². The Kier molecular flexibility index (Phi) is 6.19. The van der Waals surface area contributed by atoms with Crippen molar-refractivity contribution in [3.63, 3.8) is 0 Å². The fraction of sp³-hybridized carbons (Fsp3) is 0.571. The van der Waals surface area contributed by atoms with Crippen LogP contribution in [0.5, 0.6) is 0 Å². The smallest absolute Gasteiger partial charge is 0.102 e. The molecule has 0 aliphatic heterocycles. The minimum atomic E-state index is -0.570. The van der Waals surface area contributed by atoms with Crippen molar-refractivity contribution in [2.75, 3.05) is 19.8 Å². The van der Waals surface area contributed by atoms with Gasteiger partial charge in [-0.05, 0) is 26.3 Å². The molecule has 0 bridgehead atoms. The molecular formula is C14H22O3. The Hall–Kier alpha value is -0.900. The maximum Gasteiger partial charge on any atom is 0.102 e. The second-order valence-corrected chi connectivity index (χ2v) is 4.23. The fourth-order valence-corrected chi connectivity index (χ4v) is 1.47. The summed E-state index contributed by atoms with van der Waals surface area (Å²) in [6.07, 6.45) is -0.560. The van der Waals surface area contributed by atoms with Gasteiger partial charge in [0.2, 0.25) is 0 Å². The first kappa shape index (κ1) is 14.2. The van der Waals surface area contributed by atoms with Crippen LogP contribution < -0.4 is 0 Å². The van der Waals surface area contributed by atoms with E-state index in [4.69, 9.17) is 9.47 Å². The number of hydrogen-bond donors (Lipinski definition) is 1. The van der Waals surface area contributed by atoms with Crippen LogP contribution in [0.2, 0.25) is 0 Å². The van der Waals surface area contributed by atoms with Crippen molar-refractivity contribution in [3.8, 4) is 0 Å². The predicted molar refractivity (Wildman–Crippen MR) is 68.0 cm³/mol. The molecule has 3 heteroatoms. The summed E-state index contributed by atoms with van der Waals surface area (Å²) in [5.41, 5.74) is 2.07. The van der Waals surface area contributed by atoms with Gasteiger partial charge >= 0.3 is 0 Å². The van der Waals surface area contributed by atoms with Crippen molar-refractivity contribution in [1.82, 2.24) is 0 Å². The average Bonchev–Trinajstić information content (AvgIpc) is 2.34. The summed E-state index contributed by atoms with van der Waals surface area (Å²) in [5.74, 6) is 0. The Morgan fingerprint density at radius 2 is 1.82 bits per heavy atom. The minimum Gasteiger partial charge on any atom is -0.386 e. The van der Waals surface area contributed by atoms with Gasteiger partial charge in [0.05, 0.1) is 19.3 Å². The molecule has 0 amide bonds. The van der Waals surface area contributed by atoms with Crippen molar-refractivity contribution in [3.05, 3.63) is 35.4 Å². The molecule has 96 valence electrons. The van der Waals surface area contributed by atoms with E-state index < -0.39 is 6.10 Å². The Labute approximate surface area is 103 Å². The van der Waals surface area contributed by atoms with Crippen LogP contribution in [0.15, 0.2) is 24.3 Å². The van der Waals surface area contributed by atoms with E-state index in [2.05, 4.69) is 0 Å². The van der Waals surface area contributed by atoms with Gasteiger partial charge in [-0.1, -0.05) is 29.8 Å². The van der Waals surface area contributed by atoms with Crippen LogP contribution >= 0.6 is 0 Å². The van der Waals surface area contributed by atoms with E-state index in [-0.39, 0.29) is 6.10 Å². The predicted octanol–water partition coefficient (Wildman–Crippen LogP) is 2.47. The van der Waals surface area contributed by atoms with Gasteiger partial charge in [-0.25, -0.2) is 0 Å². The lowest BCUT2D eigenvalue weighted by Crippen LogP contribution is -2.19. The Balaban J connectivity index is 2.34. The van der Waals surface area contributed by atoms with Gasteiger partial charge in [0, 0.05) is 6.61 Å². The summed E-state index contributed by atoms with van der Waals surface area (Å²) in [6, 6.07) is 7.83. The van der Waals surface area contributed by atoms with Crippen molar-refractivity contribution >= 4 is 0 Å². The number of hydrogen-bond acceptors (Lipinski definition) is 3.